The molecule has 0 spiro atoms. The molecule has 0 aliphatic carbocycles. The zero-order valence-electron chi connectivity index (χ0n) is 12.2. The van der Waals surface area contributed by atoms with E-state index in [2.05, 4.69) is 31.1 Å². The maximum atomic E-state index is 13.0. The van der Waals surface area contributed by atoms with Crippen LogP contribution in [0.15, 0.2) is 30.5 Å². The molecule has 0 aliphatic heterocycles. The first-order valence-electron chi connectivity index (χ1n) is 6.96. The maximum Gasteiger partial charge on any atom is 0.123 e. The fourth-order valence-corrected chi connectivity index (χ4v) is 3.06. The van der Waals surface area contributed by atoms with Crippen molar-refractivity contribution < 1.29 is 4.39 Å². The van der Waals surface area contributed by atoms with E-state index in [0.717, 1.165) is 30.1 Å². The fourth-order valence-electron chi connectivity index (χ4n) is 2.06. The van der Waals surface area contributed by atoms with Crippen LogP contribution in [0.1, 0.15) is 42.6 Å². The molecule has 20 heavy (non-hydrogen) atoms. The molecule has 1 heterocycles. The van der Waals surface area contributed by atoms with Crippen molar-refractivity contribution in [2.75, 3.05) is 6.54 Å². The quantitative estimate of drug-likeness (QED) is 0.811. The van der Waals surface area contributed by atoms with E-state index < -0.39 is 0 Å². The van der Waals surface area contributed by atoms with Crippen molar-refractivity contribution in [2.45, 2.75) is 39.2 Å². The van der Waals surface area contributed by atoms with Crippen molar-refractivity contribution in [1.82, 2.24) is 10.3 Å². The minimum atomic E-state index is -0.201. The van der Waals surface area contributed by atoms with Crippen LogP contribution in [0.25, 0.3) is 0 Å². The first-order valence-corrected chi connectivity index (χ1v) is 7.77. The first kappa shape index (κ1) is 15.1. The van der Waals surface area contributed by atoms with Gasteiger partial charge in [-0.05, 0) is 44.5 Å². The molecule has 0 saturated heterocycles. The Kier molecular flexibility index (Phi) is 4.89. The molecule has 1 aromatic heterocycles. The smallest absolute Gasteiger partial charge is 0.123 e. The van der Waals surface area contributed by atoms with Gasteiger partial charge < -0.3 is 5.32 Å². The van der Waals surface area contributed by atoms with Gasteiger partial charge in [0.1, 0.15) is 10.8 Å². The van der Waals surface area contributed by atoms with Crippen LogP contribution in [0.5, 0.6) is 0 Å². The van der Waals surface area contributed by atoms with E-state index in [9.17, 15) is 4.39 Å². The number of halogens is 1. The Balaban J connectivity index is 2.15. The molecule has 0 fully saturated rings. The second-order valence-corrected chi connectivity index (χ2v) is 6.56. The van der Waals surface area contributed by atoms with Gasteiger partial charge in [0.15, 0.2) is 0 Å². The molecule has 0 saturated carbocycles. The van der Waals surface area contributed by atoms with Crippen molar-refractivity contribution >= 4 is 11.3 Å². The van der Waals surface area contributed by atoms with Gasteiger partial charge in [0.05, 0.1) is 0 Å². The third-order valence-corrected chi connectivity index (χ3v) is 4.70. The van der Waals surface area contributed by atoms with Gasteiger partial charge in [-0.3, -0.25) is 0 Å². The van der Waals surface area contributed by atoms with Crippen LogP contribution in [0.2, 0.25) is 0 Å². The summed E-state index contributed by atoms with van der Waals surface area (Å²) in [5, 5.41) is 4.45. The summed E-state index contributed by atoms with van der Waals surface area (Å²) in [7, 11) is 0. The second kappa shape index (κ2) is 6.46. The standard InChI is InChI=1S/C16H21FN2S/c1-4-9-18-10-14-11-19-15(20-14)16(2,3)12-5-7-13(17)8-6-12/h5-8,11,18H,4,9-10H2,1-3H3. The SMILES string of the molecule is CCCNCc1cnc(C(C)(C)c2ccc(F)cc2)s1. The Morgan fingerprint density at radius 3 is 2.60 bits per heavy atom. The Morgan fingerprint density at radius 2 is 1.95 bits per heavy atom. The Labute approximate surface area is 124 Å². The Bertz CT molecular complexity index is 546. The van der Waals surface area contributed by atoms with Crippen LogP contribution in [-0.4, -0.2) is 11.5 Å². The van der Waals surface area contributed by atoms with Crippen LogP contribution in [-0.2, 0) is 12.0 Å². The normalized spacial score (nSPS) is 11.8. The number of nitrogens with one attached hydrogen (secondary N) is 1. The van der Waals surface area contributed by atoms with E-state index in [0.29, 0.717) is 0 Å². The van der Waals surface area contributed by atoms with Crippen LogP contribution in [0.4, 0.5) is 4.39 Å². The zero-order valence-corrected chi connectivity index (χ0v) is 13.1. The molecule has 2 rings (SSSR count). The van der Waals surface area contributed by atoms with E-state index in [1.54, 1.807) is 11.3 Å². The lowest BCUT2D eigenvalue weighted by molar-refractivity contribution is 0.612. The van der Waals surface area contributed by atoms with Crippen molar-refractivity contribution in [2.24, 2.45) is 0 Å². The van der Waals surface area contributed by atoms with Gasteiger partial charge in [-0.2, -0.15) is 0 Å². The van der Waals surface area contributed by atoms with Gasteiger partial charge in [0, 0.05) is 23.0 Å². The van der Waals surface area contributed by atoms with Crippen LogP contribution in [0.3, 0.4) is 0 Å². The summed E-state index contributed by atoms with van der Waals surface area (Å²) in [5.74, 6) is -0.201. The summed E-state index contributed by atoms with van der Waals surface area (Å²) in [6.45, 7) is 8.30. The Morgan fingerprint density at radius 1 is 1.25 bits per heavy atom. The van der Waals surface area contributed by atoms with E-state index in [1.807, 2.05) is 18.3 Å². The Hall–Kier alpha value is -1.26. The van der Waals surface area contributed by atoms with Crippen LogP contribution >= 0.6 is 11.3 Å². The van der Waals surface area contributed by atoms with E-state index in [4.69, 9.17) is 0 Å². The molecule has 0 amide bonds. The molecule has 0 unspecified atom stereocenters. The highest BCUT2D eigenvalue weighted by atomic mass is 32.1. The first-order chi connectivity index (χ1) is 9.54. The van der Waals surface area contributed by atoms with Gasteiger partial charge in [0.25, 0.3) is 0 Å². The molecule has 108 valence electrons. The van der Waals surface area contributed by atoms with Crippen molar-refractivity contribution in [3.05, 3.63) is 51.7 Å². The topological polar surface area (TPSA) is 24.9 Å². The predicted octanol–water partition coefficient (Wildman–Crippen LogP) is 4.11. The van der Waals surface area contributed by atoms with E-state index >= 15 is 0 Å². The molecule has 0 atom stereocenters. The summed E-state index contributed by atoms with van der Waals surface area (Å²) in [6, 6.07) is 6.69. The number of benzene rings is 1. The van der Waals surface area contributed by atoms with E-state index in [1.165, 1.54) is 17.0 Å². The highest BCUT2D eigenvalue weighted by Crippen LogP contribution is 2.34. The zero-order chi connectivity index (χ0) is 14.6. The lowest BCUT2D eigenvalue weighted by Crippen LogP contribution is -2.18. The predicted molar refractivity (Wildman–Crippen MR) is 82.6 cm³/mol. The third kappa shape index (κ3) is 3.44. The summed E-state index contributed by atoms with van der Waals surface area (Å²) in [6.07, 6.45) is 3.07. The molecule has 0 radical (unpaired) electrons. The molecule has 1 N–H and O–H groups in total. The number of rotatable bonds is 6. The van der Waals surface area contributed by atoms with Gasteiger partial charge in [-0.1, -0.05) is 19.1 Å². The van der Waals surface area contributed by atoms with Crippen molar-refractivity contribution in [1.29, 1.82) is 0 Å². The van der Waals surface area contributed by atoms with E-state index in [-0.39, 0.29) is 11.2 Å². The average Bonchev–Trinajstić information content (AvgIpc) is 2.89. The molecule has 0 aliphatic rings. The van der Waals surface area contributed by atoms with Crippen molar-refractivity contribution in [3.8, 4) is 0 Å². The monoisotopic (exact) mass is 292 g/mol. The number of thiazole rings is 1. The average molecular weight is 292 g/mol. The van der Waals surface area contributed by atoms with Gasteiger partial charge in [-0.15, -0.1) is 11.3 Å². The minimum Gasteiger partial charge on any atom is -0.312 e. The number of nitrogens with zero attached hydrogens (tertiary/aromatic N) is 1. The highest BCUT2D eigenvalue weighted by molar-refractivity contribution is 7.11. The highest BCUT2D eigenvalue weighted by Gasteiger charge is 2.26. The van der Waals surface area contributed by atoms with Crippen LogP contribution < -0.4 is 5.32 Å². The second-order valence-electron chi connectivity index (χ2n) is 5.44. The molecule has 1 aromatic carbocycles. The van der Waals surface area contributed by atoms with Crippen LogP contribution in [0, 0.1) is 5.82 Å². The fraction of sp³-hybridized carbons (Fsp3) is 0.438. The minimum absolute atomic E-state index is 0.193. The van der Waals surface area contributed by atoms with Gasteiger partial charge >= 0.3 is 0 Å². The molecular formula is C16H21FN2S. The molecule has 2 nitrogen and oxygen atoms in total. The molecule has 2 aromatic rings. The largest absolute Gasteiger partial charge is 0.312 e. The van der Waals surface area contributed by atoms with Gasteiger partial charge in [0.2, 0.25) is 0 Å². The summed E-state index contributed by atoms with van der Waals surface area (Å²) < 4.78 is 13.0. The van der Waals surface area contributed by atoms with Crippen molar-refractivity contribution in [3.63, 3.8) is 0 Å². The number of hydrogen-bond donors (Lipinski definition) is 1. The molecular weight excluding hydrogens is 271 g/mol. The van der Waals surface area contributed by atoms with Gasteiger partial charge in [-0.25, -0.2) is 9.37 Å². The lowest BCUT2D eigenvalue weighted by Gasteiger charge is -2.22. The lowest BCUT2D eigenvalue weighted by atomic mass is 9.85. The summed E-state index contributed by atoms with van der Waals surface area (Å²) in [5.41, 5.74) is 0.891. The number of aromatic nitrogens is 1. The maximum absolute atomic E-state index is 13.0. The number of hydrogen-bond acceptors (Lipinski definition) is 3. The molecule has 0 bridgehead atoms. The third-order valence-electron chi connectivity index (χ3n) is 3.38. The summed E-state index contributed by atoms with van der Waals surface area (Å²) >= 11 is 1.72. The molecule has 4 heteroatoms. The summed E-state index contributed by atoms with van der Waals surface area (Å²) in [4.78, 5) is 5.79.